The standard InChI is InChI=1S/C19H20BrF2N3OS2/c1-19(2,3)28-25-14(7-10-5-11(21)8-12(22)6-10)16-13(20)9-15-17(24-16)26-18(23-15)27-4/h5-6,8-9,14,25H,7H2,1-4H3. The van der Waals surface area contributed by atoms with Crippen LogP contribution in [0.15, 0.2) is 38.4 Å². The van der Waals surface area contributed by atoms with E-state index in [9.17, 15) is 8.78 Å². The van der Waals surface area contributed by atoms with Crippen molar-refractivity contribution in [2.24, 2.45) is 0 Å². The third kappa shape index (κ3) is 5.46. The zero-order valence-electron chi connectivity index (χ0n) is 15.8. The molecule has 2 aromatic heterocycles. The fourth-order valence-corrected chi connectivity index (χ4v) is 4.20. The quantitative estimate of drug-likeness (QED) is 0.324. The van der Waals surface area contributed by atoms with Gasteiger partial charge >= 0.3 is 0 Å². The minimum atomic E-state index is -0.598. The summed E-state index contributed by atoms with van der Waals surface area (Å²) >= 11 is 6.50. The molecular formula is C19H20BrF2N3OS2. The third-order valence-corrected chi connectivity index (χ3v) is 5.89. The van der Waals surface area contributed by atoms with Crippen molar-refractivity contribution in [3.8, 4) is 0 Å². The zero-order valence-corrected chi connectivity index (χ0v) is 19.1. The van der Waals surface area contributed by atoms with Crippen LogP contribution >= 0.6 is 39.6 Å². The number of halogens is 3. The average molecular weight is 488 g/mol. The summed E-state index contributed by atoms with van der Waals surface area (Å²) in [5.74, 6) is -1.20. The van der Waals surface area contributed by atoms with Crippen molar-refractivity contribution in [2.75, 3.05) is 6.26 Å². The van der Waals surface area contributed by atoms with Crippen LogP contribution in [-0.4, -0.2) is 21.0 Å². The first-order valence-corrected chi connectivity index (χ1v) is 11.4. The molecule has 0 radical (unpaired) electrons. The van der Waals surface area contributed by atoms with Crippen LogP contribution in [0.3, 0.4) is 0 Å². The topological polar surface area (TPSA) is 51.0 Å². The molecule has 3 rings (SSSR count). The number of benzene rings is 1. The highest BCUT2D eigenvalue weighted by atomic mass is 79.9. The normalized spacial score (nSPS) is 13.2. The van der Waals surface area contributed by atoms with Gasteiger partial charge in [0, 0.05) is 15.3 Å². The molecule has 9 heteroatoms. The van der Waals surface area contributed by atoms with Crippen LogP contribution in [0, 0.1) is 11.6 Å². The Morgan fingerprint density at radius 2 is 1.82 bits per heavy atom. The lowest BCUT2D eigenvalue weighted by molar-refractivity contribution is 0.479. The molecule has 0 bridgehead atoms. The van der Waals surface area contributed by atoms with Crippen LogP contribution < -0.4 is 4.72 Å². The van der Waals surface area contributed by atoms with Gasteiger partial charge in [-0.1, -0.05) is 23.7 Å². The van der Waals surface area contributed by atoms with E-state index in [2.05, 4.69) is 51.4 Å². The van der Waals surface area contributed by atoms with E-state index in [4.69, 9.17) is 4.42 Å². The molecule has 0 aliphatic heterocycles. The predicted octanol–water partition coefficient (Wildman–Crippen LogP) is 6.31. The largest absolute Gasteiger partial charge is 0.412 e. The van der Waals surface area contributed by atoms with Crippen molar-refractivity contribution in [2.45, 2.75) is 43.2 Å². The maximum atomic E-state index is 13.7. The van der Waals surface area contributed by atoms with E-state index < -0.39 is 11.6 Å². The first kappa shape index (κ1) is 21.5. The molecule has 28 heavy (non-hydrogen) atoms. The number of hydrogen-bond acceptors (Lipinski definition) is 6. The van der Waals surface area contributed by atoms with Gasteiger partial charge in [0.15, 0.2) is 0 Å². The van der Waals surface area contributed by atoms with Crippen molar-refractivity contribution in [1.29, 1.82) is 0 Å². The number of aromatic nitrogens is 2. The van der Waals surface area contributed by atoms with Gasteiger partial charge in [0.25, 0.3) is 5.22 Å². The number of hydrogen-bond donors (Lipinski definition) is 1. The van der Waals surface area contributed by atoms with Crippen LogP contribution in [0.4, 0.5) is 8.78 Å². The Hall–Kier alpha value is -1.16. The molecule has 3 aromatic rings. The summed E-state index contributed by atoms with van der Waals surface area (Å²) < 4.78 is 37.1. The summed E-state index contributed by atoms with van der Waals surface area (Å²) in [4.78, 5) is 9.00. The molecule has 1 aromatic carbocycles. The molecule has 0 spiro atoms. The molecule has 0 saturated heterocycles. The highest BCUT2D eigenvalue weighted by Crippen LogP contribution is 2.33. The Balaban J connectivity index is 1.99. The lowest BCUT2D eigenvalue weighted by Gasteiger charge is -2.24. The van der Waals surface area contributed by atoms with E-state index in [0.29, 0.717) is 34.1 Å². The number of rotatable bonds is 6. The van der Waals surface area contributed by atoms with Gasteiger partial charge in [0.05, 0.1) is 11.7 Å². The van der Waals surface area contributed by atoms with Gasteiger partial charge in [-0.25, -0.2) is 18.7 Å². The molecule has 1 N–H and O–H groups in total. The average Bonchev–Trinajstić information content (AvgIpc) is 2.98. The summed E-state index contributed by atoms with van der Waals surface area (Å²) in [7, 11) is 0. The molecule has 0 saturated carbocycles. The van der Waals surface area contributed by atoms with Crippen LogP contribution in [-0.2, 0) is 6.42 Å². The van der Waals surface area contributed by atoms with E-state index in [0.717, 1.165) is 10.5 Å². The Bertz CT molecular complexity index is 971. The molecule has 1 atom stereocenters. The Labute approximate surface area is 179 Å². The number of nitrogens with zero attached hydrogens (tertiary/aromatic N) is 2. The van der Waals surface area contributed by atoms with Gasteiger partial charge in [-0.2, -0.15) is 0 Å². The molecule has 0 amide bonds. The smallest absolute Gasteiger partial charge is 0.258 e. The number of fused-ring (bicyclic) bond motifs is 1. The number of nitrogens with one attached hydrogen (secondary N) is 1. The number of thioether (sulfide) groups is 1. The second-order valence-electron chi connectivity index (χ2n) is 7.23. The van der Waals surface area contributed by atoms with Gasteiger partial charge in [-0.3, -0.25) is 4.72 Å². The Morgan fingerprint density at radius 3 is 2.43 bits per heavy atom. The van der Waals surface area contributed by atoms with E-state index in [1.807, 2.05) is 12.3 Å². The minimum absolute atomic E-state index is 0.0553. The minimum Gasteiger partial charge on any atom is -0.412 e. The molecular weight excluding hydrogens is 468 g/mol. The van der Waals surface area contributed by atoms with Crippen molar-refractivity contribution in [3.63, 3.8) is 0 Å². The lowest BCUT2D eigenvalue weighted by atomic mass is 10.0. The highest BCUT2D eigenvalue weighted by Gasteiger charge is 2.23. The highest BCUT2D eigenvalue weighted by molar-refractivity contribution is 9.10. The predicted molar refractivity (Wildman–Crippen MR) is 115 cm³/mol. The number of pyridine rings is 1. The molecule has 2 heterocycles. The first-order chi connectivity index (χ1) is 13.1. The molecule has 150 valence electrons. The van der Waals surface area contributed by atoms with E-state index in [1.165, 1.54) is 35.8 Å². The second-order valence-corrected chi connectivity index (χ2v) is 10.5. The monoisotopic (exact) mass is 487 g/mol. The van der Waals surface area contributed by atoms with Gasteiger partial charge in [0.1, 0.15) is 17.2 Å². The van der Waals surface area contributed by atoms with Crippen LogP contribution in [0.25, 0.3) is 11.2 Å². The molecule has 4 nitrogen and oxygen atoms in total. The zero-order chi connectivity index (χ0) is 20.5. The maximum Gasteiger partial charge on any atom is 0.258 e. The Morgan fingerprint density at radius 1 is 1.14 bits per heavy atom. The SMILES string of the molecule is CSc1nc2cc(Br)c(C(Cc3cc(F)cc(F)c3)NSC(C)(C)C)nc2o1. The summed E-state index contributed by atoms with van der Waals surface area (Å²) in [5.41, 5.74) is 2.32. The van der Waals surface area contributed by atoms with Crippen molar-refractivity contribution in [3.05, 3.63) is 51.6 Å². The summed E-state index contributed by atoms with van der Waals surface area (Å²) in [6, 6.07) is 5.10. The van der Waals surface area contributed by atoms with E-state index >= 15 is 0 Å². The van der Waals surface area contributed by atoms with Crippen LogP contribution in [0.5, 0.6) is 0 Å². The van der Waals surface area contributed by atoms with Gasteiger partial charge in [-0.05, 0) is 73.1 Å². The fraction of sp³-hybridized carbons (Fsp3) is 0.368. The molecule has 0 aliphatic rings. The molecule has 0 fully saturated rings. The number of oxazole rings is 1. The summed E-state index contributed by atoms with van der Waals surface area (Å²) in [6.07, 6.45) is 2.24. The van der Waals surface area contributed by atoms with Crippen molar-refractivity contribution >= 4 is 50.9 Å². The van der Waals surface area contributed by atoms with E-state index in [1.54, 1.807) is 0 Å². The van der Waals surface area contributed by atoms with Crippen LogP contribution in [0.2, 0.25) is 0 Å². The molecule has 1 unspecified atom stereocenters. The van der Waals surface area contributed by atoms with Crippen molar-refractivity contribution < 1.29 is 13.2 Å². The van der Waals surface area contributed by atoms with Gasteiger partial charge in [-0.15, -0.1) is 0 Å². The molecule has 0 aliphatic carbocycles. The first-order valence-electron chi connectivity index (χ1n) is 8.54. The second kappa shape index (κ2) is 8.69. The summed E-state index contributed by atoms with van der Waals surface area (Å²) in [6.45, 7) is 6.24. The van der Waals surface area contributed by atoms with Crippen LogP contribution in [0.1, 0.15) is 38.1 Å². The summed E-state index contributed by atoms with van der Waals surface area (Å²) in [5, 5.41) is 0.535. The van der Waals surface area contributed by atoms with E-state index in [-0.39, 0.29) is 10.8 Å². The Kier molecular flexibility index (Phi) is 6.69. The van der Waals surface area contributed by atoms with Gasteiger partial charge in [0.2, 0.25) is 5.71 Å². The fourth-order valence-electron chi connectivity index (χ4n) is 2.57. The third-order valence-electron chi connectivity index (χ3n) is 3.72. The van der Waals surface area contributed by atoms with Gasteiger partial charge < -0.3 is 4.42 Å². The maximum absolute atomic E-state index is 13.7. The lowest BCUT2D eigenvalue weighted by Crippen LogP contribution is -2.24. The van der Waals surface area contributed by atoms with Crippen molar-refractivity contribution in [1.82, 2.24) is 14.7 Å².